The van der Waals surface area contributed by atoms with E-state index in [2.05, 4.69) is 0 Å². The molecule has 0 aliphatic carbocycles. The molecule has 0 spiro atoms. The zero-order valence-electron chi connectivity index (χ0n) is 15.3. The molecule has 0 radical (unpaired) electrons. The molecule has 0 amide bonds. The minimum atomic E-state index is -4.80. The van der Waals surface area contributed by atoms with Crippen LogP contribution in [0.3, 0.4) is 0 Å². The summed E-state index contributed by atoms with van der Waals surface area (Å²) in [5, 5.41) is 0. The highest BCUT2D eigenvalue weighted by molar-refractivity contribution is 5.38. The maximum absolute atomic E-state index is 13.2. The molecule has 0 bridgehead atoms. The van der Waals surface area contributed by atoms with Crippen LogP contribution in [0.5, 0.6) is 0 Å². The van der Waals surface area contributed by atoms with E-state index in [4.69, 9.17) is 4.11 Å². The van der Waals surface area contributed by atoms with Gasteiger partial charge in [0, 0.05) is 0 Å². The molecule has 0 aromatic heterocycles. The molecule has 19 heavy (non-hydrogen) atoms. The van der Waals surface area contributed by atoms with Gasteiger partial charge in [-0.2, -0.15) is 13.2 Å². The van der Waals surface area contributed by atoms with Crippen molar-refractivity contribution in [3.8, 4) is 0 Å². The first-order chi connectivity index (χ1) is 9.57. The molecule has 0 aliphatic heterocycles. The molecule has 1 rings (SSSR count). The third-order valence-electron chi connectivity index (χ3n) is 2.63. The third kappa shape index (κ3) is 4.55. The van der Waals surface area contributed by atoms with Gasteiger partial charge in [0.1, 0.15) is 0 Å². The Morgan fingerprint density at radius 2 is 1.53 bits per heavy atom. The van der Waals surface area contributed by atoms with Crippen molar-refractivity contribution in [2.45, 2.75) is 59.6 Å². The van der Waals surface area contributed by atoms with Crippen LogP contribution in [0.15, 0.2) is 18.1 Å². The highest BCUT2D eigenvalue weighted by Crippen LogP contribution is 2.36. The molecule has 0 aliphatic rings. The van der Waals surface area contributed by atoms with Crippen molar-refractivity contribution in [3.05, 3.63) is 34.8 Å². The smallest absolute Gasteiger partial charge is 0.166 e. The number of benzene rings is 1. The van der Waals surface area contributed by atoms with Gasteiger partial charge in [-0.3, -0.25) is 0 Å². The summed E-state index contributed by atoms with van der Waals surface area (Å²) in [6.45, 7) is 11.0. The van der Waals surface area contributed by atoms with Crippen molar-refractivity contribution < 1.29 is 17.3 Å². The summed E-state index contributed by atoms with van der Waals surface area (Å²) in [5.41, 5.74) is -1.67. The summed E-state index contributed by atoms with van der Waals surface area (Å²) in [6.07, 6.45) is -4.45. The maximum atomic E-state index is 13.2. The molecular weight excluding hydrogens is 249 g/mol. The van der Waals surface area contributed by atoms with E-state index in [0.717, 1.165) is 0 Å². The van der Waals surface area contributed by atoms with Crippen molar-refractivity contribution in [1.29, 1.82) is 0 Å². The fraction of sp³-hybridized carbons (Fsp3) is 0.625. The van der Waals surface area contributed by atoms with E-state index in [1.807, 2.05) is 20.8 Å². The highest BCUT2D eigenvalue weighted by atomic mass is 19.4. The van der Waals surface area contributed by atoms with Crippen LogP contribution in [0.1, 0.15) is 62.3 Å². The van der Waals surface area contributed by atoms with E-state index in [1.165, 1.54) is 0 Å². The molecule has 3 heteroatoms. The molecule has 0 atom stereocenters. The van der Waals surface area contributed by atoms with Crippen LogP contribution in [-0.4, -0.2) is 0 Å². The molecule has 0 saturated heterocycles. The summed E-state index contributed by atoms with van der Waals surface area (Å²) in [7, 11) is 0. The second-order valence-corrected chi connectivity index (χ2v) is 7.09. The summed E-state index contributed by atoms with van der Waals surface area (Å²) in [5.74, 6) is 0. The predicted octanol–water partition coefficient (Wildman–Crippen LogP) is 5.59. The number of hydrogen-bond acceptors (Lipinski definition) is 0. The largest absolute Gasteiger partial charge is 0.416 e. The van der Waals surface area contributed by atoms with Crippen LogP contribution in [0.2, 0.25) is 0 Å². The standard InChI is InChI=1S/C16H23F3/c1-14(2,3)10-11-7-8-12(16(17,18)19)9-13(11)15(4,5)6/h7-9H,10H2,1-6H3/i7D,8D,9D. The Bertz CT molecular complexity index is 577. The monoisotopic (exact) mass is 275 g/mol. The molecule has 0 heterocycles. The van der Waals surface area contributed by atoms with Crippen molar-refractivity contribution in [3.63, 3.8) is 0 Å². The van der Waals surface area contributed by atoms with Crippen molar-refractivity contribution in [2.75, 3.05) is 0 Å². The summed E-state index contributed by atoms with van der Waals surface area (Å²) in [4.78, 5) is 0. The van der Waals surface area contributed by atoms with E-state index in [-0.39, 0.29) is 11.0 Å². The number of rotatable bonds is 1. The molecule has 0 fully saturated rings. The molecule has 0 unspecified atom stereocenters. The Labute approximate surface area is 118 Å². The first kappa shape index (κ1) is 11.8. The Kier molecular flexibility index (Phi) is 3.01. The van der Waals surface area contributed by atoms with Crippen molar-refractivity contribution in [2.24, 2.45) is 5.41 Å². The lowest BCUT2D eigenvalue weighted by molar-refractivity contribution is -0.137. The molecular formula is C16H23F3. The van der Waals surface area contributed by atoms with Crippen LogP contribution in [0, 0.1) is 5.41 Å². The van der Waals surface area contributed by atoms with E-state index in [0.29, 0.717) is 12.0 Å². The third-order valence-corrected chi connectivity index (χ3v) is 2.63. The van der Waals surface area contributed by atoms with Crippen LogP contribution in [-0.2, 0) is 18.0 Å². The Hall–Kier alpha value is -0.990. The molecule has 1 aromatic carbocycles. The highest BCUT2D eigenvalue weighted by Gasteiger charge is 2.32. The second kappa shape index (κ2) is 4.84. The second-order valence-electron chi connectivity index (χ2n) is 7.09. The van der Waals surface area contributed by atoms with E-state index < -0.39 is 35.3 Å². The lowest BCUT2D eigenvalue weighted by atomic mass is 9.78. The van der Waals surface area contributed by atoms with Gasteiger partial charge >= 0.3 is 6.18 Å². The number of hydrogen-bond donors (Lipinski definition) is 0. The maximum Gasteiger partial charge on any atom is 0.416 e. The molecule has 0 nitrogen and oxygen atoms in total. The van der Waals surface area contributed by atoms with Gasteiger partial charge in [-0.05, 0) is 40.5 Å². The zero-order valence-corrected chi connectivity index (χ0v) is 12.3. The normalized spacial score (nSPS) is 15.9. The average Bonchev–Trinajstić information content (AvgIpc) is 2.19. The Balaban J connectivity index is 3.87. The van der Waals surface area contributed by atoms with Gasteiger partial charge < -0.3 is 0 Å². The van der Waals surface area contributed by atoms with Crippen LogP contribution in [0.4, 0.5) is 13.2 Å². The van der Waals surface area contributed by atoms with Gasteiger partial charge in [-0.1, -0.05) is 47.6 Å². The summed E-state index contributed by atoms with van der Waals surface area (Å²) < 4.78 is 63.4. The summed E-state index contributed by atoms with van der Waals surface area (Å²) >= 11 is 0. The van der Waals surface area contributed by atoms with Gasteiger partial charge in [0.25, 0.3) is 0 Å². The van der Waals surface area contributed by atoms with Crippen molar-refractivity contribution >= 4 is 0 Å². The van der Waals surface area contributed by atoms with Gasteiger partial charge in [0.15, 0.2) is 0 Å². The van der Waals surface area contributed by atoms with Crippen LogP contribution >= 0.6 is 0 Å². The van der Waals surface area contributed by atoms with Gasteiger partial charge in [-0.25, -0.2) is 0 Å². The lowest BCUT2D eigenvalue weighted by Crippen LogP contribution is -2.20. The van der Waals surface area contributed by atoms with Crippen LogP contribution < -0.4 is 0 Å². The minimum Gasteiger partial charge on any atom is -0.166 e. The number of alkyl halides is 3. The number of halogens is 3. The SMILES string of the molecule is [2H]c1c([2H])c(C(F)(F)F)c([2H])c(C(C)(C)C)c1CC(C)(C)C. The molecule has 0 saturated carbocycles. The molecule has 108 valence electrons. The predicted molar refractivity (Wildman–Crippen MR) is 73.3 cm³/mol. The average molecular weight is 275 g/mol. The van der Waals surface area contributed by atoms with Gasteiger partial charge in [0.2, 0.25) is 0 Å². The fourth-order valence-corrected chi connectivity index (χ4v) is 1.88. The molecule has 1 aromatic rings. The van der Waals surface area contributed by atoms with Gasteiger partial charge in [0.05, 0.1) is 9.68 Å². The lowest BCUT2D eigenvalue weighted by Gasteiger charge is -2.28. The minimum absolute atomic E-state index is 0.218. The zero-order chi connectivity index (χ0) is 17.7. The topological polar surface area (TPSA) is 0 Å². The summed E-state index contributed by atoms with van der Waals surface area (Å²) in [6, 6.07) is -1.98. The Morgan fingerprint density at radius 3 is 1.89 bits per heavy atom. The van der Waals surface area contributed by atoms with E-state index in [1.54, 1.807) is 20.8 Å². The fourth-order valence-electron chi connectivity index (χ4n) is 1.88. The van der Waals surface area contributed by atoms with E-state index >= 15 is 0 Å². The first-order valence-electron chi connectivity index (χ1n) is 7.77. The quantitative estimate of drug-likeness (QED) is 0.626. The van der Waals surface area contributed by atoms with Gasteiger partial charge in [-0.15, -0.1) is 0 Å². The van der Waals surface area contributed by atoms with Crippen molar-refractivity contribution in [1.82, 2.24) is 0 Å². The van der Waals surface area contributed by atoms with E-state index in [9.17, 15) is 13.2 Å². The van der Waals surface area contributed by atoms with Crippen LogP contribution in [0.25, 0.3) is 0 Å². The Morgan fingerprint density at radius 1 is 1.00 bits per heavy atom. The first-order valence-corrected chi connectivity index (χ1v) is 6.27. The molecule has 0 N–H and O–H groups in total.